The molecule has 7 rings (SSSR count). The number of halogens is 1. The van der Waals surface area contributed by atoms with Crippen LogP contribution in [0.3, 0.4) is 0 Å². The van der Waals surface area contributed by atoms with Gasteiger partial charge in [-0.3, -0.25) is 0 Å². The molecule has 0 N–H and O–H groups in total. The molecule has 0 unspecified atom stereocenters. The maximum absolute atomic E-state index is 4.96. The van der Waals surface area contributed by atoms with Gasteiger partial charge in [-0.05, 0) is 73.8 Å². The Bertz CT molecular complexity index is 955. The molecule has 6 heteroatoms. The molecule has 0 radical (unpaired) electrons. The van der Waals surface area contributed by atoms with Gasteiger partial charge in [0, 0.05) is 16.5 Å². The summed E-state index contributed by atoms with van der Waals surface area (Å²) >= 11 is 5.36. The third-order valence-electron chi connectivity index (χ3n) is 6.84. The van der Waals surface area contributed by atoms with E-state index in [4.69, 9.17) is 5.10 Å². The molecule has 2 aromatic heterocycles. The Morgan fingerprint density at radius 2 is 1.73 bits per heavy atom. The summed E-state index contributed by atoms with van der Waals surface area (Å²) in [5.41, 5.74) is 1.57. The van der Waals surface area contributed by atoms with Crippen LogP contribution < -0.4 is 0 Å². The fourth-order valence-electron chi connectivity index (χ4n) is 6.37. The molecule has 4 aliphatic rings. The van der Waals surface area contributed by atoms with E-state index in [1.807, 2.05) is 22.7 Å². The predicted octanol–water partition coefficient (Wildman–Crippen LogP) is 5.37. The molecule has 26 heavy (non-hydrogen) atoms. The number of aromatic nitrogens is 4. The smallest absolute Gasteiger partial charge is 0.183 e. The summed E-state index contributed by atoms with van der Waals surface area (Å²) in [5.74, 6) is 3.80. The van der Waals surface area contributed by atoms with Crippen molar-refractivity contribution in [1.82, 2.24) is 19.8 Å². The van der Waals surface area contributed by atoms with Crippen molar-refractivity contribution in [3.63, 3.8) is 0 Å². The van der Waals surface area contributed by atoms with Gasteiger partial charge in [-0.25, -0.2) is 0 Å². The van der Waals surface area contributed by atoms with Crippen molar-refractivity contribution in [2.75, 3.05) is 0 Å². The minimum Gasteiger partial charge on any atom is -0.183 e. The van der Waals surface area contributed by atoms with Crippen molar-refractivity contribution >= 4 is 32.2 Å². The number of hydrogen-bond donors (Lipinski definition) is 0. The quantitative estimate of drug-likeness (QED) is 0.562. The summed E-state index contributed by atoms with van der Waals surface area (Å²) in [6.07, 6.45) is 9.91. The van der Waals surface area contributed by atoms with Gasteiger partial charge in [0.05, 0.1) is 0 Å². The third kappa shape index (κ3) is 2.41. The van der Waals surface area contributed by atoms with E-state index in [-0.39, 0.29) is 0 Å². The highest BCUT2D eigenvalue weighted by Gasteiger charge is 2.51. The highest BCUT2D eigenvalue weighted by molar-refractivity contribution is 9.10. The normalized spacial score (nSPS) is 32.6. The van der Waals surface area contributed by atoms with E-state index in [0.717, 1.165) is 45.0 Å². The second-order valence-electron chi connectivity index (χ2n) is 8.79. The highest BCUT2D eigenvalue weighted by Crippen LogP contribution is 2.61. The first-order chi connectivity index (χ1) is 12.7. The zero-order valence-electron chi connectivity index (χ0n) is 14.6. The minimum absolute atomic E-state index is 0.519. The molecule has 0 amide bonds. The number of benzene rings is 1. The summed E-state index contributed by atoms with van der Waals surface area (Å²) in [7, 11) is 0. The second-order valence-corrected chi connectivity index (χ2v) is 10.7. The largest absolute Gasteiger partial charge is 0.234 e. The molecule has 3 aromatic rings. The van der Waals surface area contributed by atoms with Crippen LogP contribution in [-0.4, -0.2) is 19.8 Å². The lowest BCUT2D eigenvalue weighted by Crippen LogP contribution is -2.47. The van der Waals surface area contributed by atoms with Gasteiger partial charge in [0.2, 0.25) is 4.96 Å². The maximum Gasteiger partial charge on any atom is 0.234 e. The first-order valence-corrected chi connectivity index (χ1v) is 11.2. The Morgan fingerprint density at radius 1 is 1.04 bits per heavy atom. The molecule has 1 aromatic carbocycles. The van der Waals surface area contributed by atoms with Gasteiger partial charge < -0.3 is 0 Å². The lowest BCUT2D eigenvalue weighted by Gasteiger charge is -2.56. The minimum atomic E-state index is 0.519. The summed E-state index contributed by atoms with van der Waals surface area (Å²) in [5, 5.41) is 15.0. The Kier molecular flexibility index (Phi) is 3.40. The molecule has 4 nitrogen and oxygen atoms in total. The molecule has 0 aliphatic heterocycles. The fourth-order valence-corrected chi connectivity index (χ4v) is 7.83. The van der Waals surface area contributed by atoms with Gasteiger partial charge in [-0.15, -0.1) is 10.2 Å². The second kappa shape index (κ2) is 5.61. The van der Waals surface area contributed by atoms with Gasteiger partial charge >= 0.3 is 0 Å². The van der Waals surface area contributed by atoms with Crippen molar-refractivity contribution in [2.45, 2.75) is 44.9 Å². The molecule has 0 saturated heterocycles. The molecular formula is C20H21BrN4S. The van der Waals surface area contributed by atoms with Crippen molar-refractivity contribution in [1.29, 1.82) is 0 Å². The monoisotopic (exact) mass is 428 g/mol. The number of rotatable bonds is 3. The zero-order chi connectivity index (χ0) is 17.3. The number of nitrogens with zero attached hydrogens (tertiary/aromatic N) is 4. The van der Waals surface area contributed by atoms with E-state index >= 15 is 0 Å². The van der Waals surface area contributed by atoms with Gasteiger partial charge in [-0.1, -0.05) is 39.4 Å². The van der Waals surface area contributed by atoms with E-state index < -0.39 is 0 Å². The van der Waals surface area contributed by atoms with Crippen LogP contribution in [-0.2, 0) is 6.42 Å². The van der Waals surface area contributed by atoms with Crippen LogP contribution in [0.2, 0.25) is 0 Å². The van der Waals surface area contributed by atoms with E-state index in [0.29, 0.717) is 5.41 Å². The lowest BCUT2D eigenvalue weighted by atomic mass is 9.49. The average molecular weight is 429 g/mol. The molecule has 4 aliphatic carbocycles. The Balaban J connectivity index is 1.35. The average Bonchev–Trinajstić information content (AvgIpc) is 3.13. The molecule has 4 fully saturated rings. The lowest BCUT2D eigenvalue weighted by molar-refractivity contribution is -0.0522. The third-order valence-corrected chi connectivity index (χ3v) is 8.43. The van der Waals surface area contributed by atoms with Gasteiger partial charge in [0.1, 0.15) is 5.01 Å². The van der Waals surface area contributed by atoms with Gasteiger partial charge in [0.25, 0.3) is 0 Å². The Morgan fingerprint density at radius 3 is 2.42 bits per heavy atom. The topological polar surface area (TPSA) is 43.1 Å². The standard InChI is InChI=1S/C20H21BrN4S/c21-16-4-2-1-3-15(16)18-22-23-19-25(18)24-17(26-19)11-20-8-12-5-13(9-20)7-14(6-12)10-20/h1-4,12-14H,5-11H2. The first-order valence-electron chi connectivity index (χ1n) is 9.63. The Hall–Kier alpha value is -1.27. The molecule has 2 heterocycles. The van der Waals surface area contributed by atoms with Gasteiger partial charge in [0.15, 0.2) is 5.82 Å². The van der Waals surface area contributed by atoms with Crippen LogP contribution in [0, 0.1) is 23.2 Å². The molecule has 4 saturated carbocycles. The van der Waals surface area contributed by atoms with Gasteiger partial charge in [-0.2, -0.15) is 9.61 Å². The van der Waals surface area contributed by atoms with E-state index in [1.54, 1.807) is 11.3 Å². The predicted molar refractivity (Wildman–Crippen MR) is 106 cm³/mol. The molecule has 0 atom stereocenters. The van der Waals surface area contributed by atoms with E-state index in [9.17, 15) is 0 Å². The molecule has 134 valence electrons. The van der Waals surface area contributed by atoms with Crippen LogP contribution in [0.5, 0.6) is 0 Å². The van der Waals surface area contributed by atoms with E-state index in [2.05, 4.69) is 32.2 Å². The molecule has 0 spiro atoms. The first kappa shape index (κ1) is 15.8. The van der Waals surface area contributed by atoms with Crippen LogP contribution in [0.15, 0.2) is 28.7 Å². The molecule has 4 bridgehead atoms. The van der Waals surface area contributed by atoms with Crippen molar-refractivity contribution in [3.8, 4) is 11.4 Å². The SMILES string of the molecule is Brc1ccccc1-c1nnc2sc(CC34CC5CC(CC(C5)C3)C4)nn12. The summed E-state index contributed by atoms with van der Waals surface area (Å²) in [6.45, 7) is 0. The van der Waals surface area contributed by atoms with Crippen molar-refractivity contribution in [3.05, 3.63) is 33.7 Å². The number of fused-ring (bicyclic) bond motifs is 1. The van der Waals surface area contributed by atoms with Crippen LogP contribution in [0.25, 0.3) is 16.3 Å². The van der Waals surface area contributed by atoms with Crippen molar-refractivity contribution < 1.29 is 0 Å². The van der Waals surface area contributed by atoms with Crippen LogP contribution in [0.4, 0.5) is 0 Å². The summed E-state index contributed by atoms with van der Waals surface area (Å²) < 4.78 is 2.98. The van der Waals surface area contributed by atoms with E-state index in [1.165, 1.54) is 43.5 Å². The molecular weight excluding hydrogens is 408 g/mol. The Labute approximate surface area is 165 Å². The zero-order valence-corrected chi connectivity index (χ0v) is 17.0. The summed E-state index contributed by atoms with van der Waals surface area (Å²) in [4.78, 5) is 0.912. The highest BCUT2D eigenvalue weighted by atomic mass is 79.9. The maximum atomic E-state index is 4.96. The van der Waals surface area contributed by atoms with Crippen LogP contribution in [0.1, 0.15) is 43.5 Å². The van der Waals surface area contributed by atoms with Crippen molar-refractivity contribution in [2.24, 2.45) is 23.2 Å². The fraction of sp³-hybridized carbons (Fsp3) is 0.550. The summed E-state index contributed by atoms with van der Waals surface area (Å²) in [6, 6.07) is 8.16. The number of hydrogen-bond acceptors (Lipinski definition) is 4. The van der Waals surface area contributed by atoms with Crippen LogP contribution >= 0.6 is 27.3 Å².